The molecule has 0 saturated heterocycles. The van der Waals surface area contributed by atoms with Crippen LogP contribution < -0.4 is 5.32 Å². The van der Waals surface area contributed by atoms with E-state index in [0.717, 1.165) is 70.6 Å². The van der Waals surface area contributed by atoms with E-state index in [4.69, 9.17) is 0 Å². The minimum atomic E-state index is -0.876. The summed E-state index contributed by atoms with van der Waals surface area (Å²) in [5.74, 6) is -0.0872. The van der Waals surface area contributed by atoms with Crippen LogP contribution in [0.1, 0.15) is 187 Å². The van der Waals surface area contributed by atoms with Gasteiger partial charge in [-0.25, -0.2) is 0 Å². The molecule has 4 heteroatoms. The Kier molecular flexibility index (Phi) is 41.5. The van der Waals surface area contributed by atoms with Crippen molar-refractivity contribution in [2.24, 2.45) is 0 Å². The van der Waals surface area contributed by atoms with Crippen molar-refractivity contribution in [3.63, 3.8) is 0 Å². The number of carbonyl (C=O) groups excluding carboxylic acids is 1. The average molecular weight is 734 g/mol. The number of unbranched alkanes of at least 4 members (excludes halogenated alkanes) is 17. The van der Waals surface area contributed by atoms with E-state index in [9.17, 15) is 15.0 Å². The summed E-state index contributed by atoms with van der Waals surface area (Å²) < 4.78 is 0. The molecule has 0 saturated carbocycles. The SMILES string of the molecule is CC/C=C\C/C=C\C/C=C\C/C=C\C/C=C\CCCCCCCCCCCCCC(=O)NC(CO)C(O)/C=C/CC/C=C/CC/C=C/CCCCCC. The molecule has 0 rings (SSSR count). The highest BCUT2D eigenvalue weighted by Crippen LogP contribution is 2.13. The molecule has 0 heterocycles. The van der Waals surface area contributed by atoms with Gasteiger partial charge in [-0.3, -0.25) is 4.79 Å². The van der Waals surface area contributed by atoms with Crippen LogP contribution in [0.2, 0.25) is 0 Å². The summed E-state index contributed by atoms with van der Waals surface area (Å²) in [4.78, 5) is 12.4. The lowest BCUT2D eigenvalue weighted by Gasteiger charge is -2.19. The predicted octanol–water partition coefficient (Wildman–Crippen LogP) is 13.8. The van der Waals surface area contributed by atoms with Crippen LogP contribution in [0.25, 0.3) is 0 Å². The second-order valence-corrected chi connectivity index (χ2v) is 14.4. The van der Waals surface area contributed by atoms with Crippen LogP contribution in [0.5, 0.6) is 0 Å². The minimum absolute atomic E-state index is 0.0872. The van der Waals surface area contributed by atoms with Crippen molar-refractivity contribution in [2.75, 3.05) is 6.61 Å². The molecule has 4 nitrogen and oxygen atoms in total. The molecule has 0 aliphatic carbocycles. The van der Waals surface area contributed by atoms with Gasteiger partial charge in [0.15, 0.2) is 0 Å². The van der Waals surface area contributed by atoms with Gasteiger partial charge in [-0.05, 0) is 89.9 Å². The van der Waals surface area contributed by atoms with E-state index >= 15 is 0 Å². The van der Waals surface area contributed by atoms with Gasteiger partial charge in [-0.15, -0.1) is 0 Å². The summed E-state index contributed by atoms with van der Waals surface area (Å²) in [6.07, 6.45) is 65.1. The Hall–Kier alpha value is -2.69. The molecule has 0 aromatic heterocycles. The summed E-state index contributed by atoms with van der Waals surface area (Å²) in [5.41, 5.74) is 0. The maximum Gasteiger partial charge on any atom is 0.220 e. The molecule has 0 bridgehead atoms. The molecule has 1 amide bonds. The molecule has 2 unspecified atom stereocenters. The summed E-state index contributed by atoms with van der Waals surface area (Å²) in [6, 6.07) is -0.652. The topological polar surface area (TPSA) is 69.6 Å². The molecule has 0 aromatic carbocycles. The van der Waals surface area contributed by atoms with E-state index in [0.29, 0.717) is 6.42 Å². The number of amides is 1. The molecule has 0 spiro atoms. The third kappa shape index (κ3) is 40.3. The first-order valence-electron chi connectivity index (χ1n) is 22.0. The Morgan fingerprint density at radius 2 is 0.849 bits per heavy atom. The van der Waals surface area contributed by atoms with E-state index in [1.165, 1.54) is 96.3 Å². The van der Waals surface area contributed by atoms with Crippen molar-refractivity contribution in [3.8, 4) is 0 Å². The molecule has 0 fully saturated rings. The Morgan fingerprint density at radius 1 is 0.472 bits per heavy atom. The minimum Gasteiger partial charge on any atom is -0.394 e. The van der Waals surface area contributed by atoms with Gasteiger partial charge in [0, 0.05) is 6.42 Å². The smallest absolute Gasteiger partial charge is 0.220 e. The van der Waals surface area contributed by atoms with Crippen LogP contribution in [0, 0.1) is 0 Å². The number of hydrogen-bond donors (Lipinski definition) is 3. The van der Waals surface area contributed by atoms with Crippen molar-refractivity contribution in [1.82, 2.24) is 5.32 Å². The predicted molar refractivity (Wildman–Crippen MR) is 234 cm³/mol. The van der Waals surface area contributed by atoms with Crippen molar-refractivity contribution >= 4 is 5.91 Å². The third-order valence-electron chi connectivity index (χ3n) is 9.28. The van der Waals surface area contributed by atoms with Gasteiger partial charge < -0.3 is 15.5 Å². The van der Waals surface area contributed by atoms with E-state index in [1.54, 1.807) is 6.08 Å². The van der Waals surface area contributed by atoms with Crippen LogP contribution in [0.4, 0.5) is 0 Å². The number of aliphatic hydroxyl groups is 2. The van der Waals surface area contributed by atoms with Crippen LogP contribution >= 0.6 is 0 Å². The quantitative estimate of drug-likeness (QED) is 0.0437. The lowest BCUT2D eigenvalue weighted by molar-refractivity contribution is -0.123. The van der Waals surface area contributed by atoms with Gasteiger partial charge in [0.05, 0.1) is 18.8 Å². The Morgan fingerprint density at radius 3 is 1.32 bits per heavy atom. The largest absolute Gasteiger partial charge is 0.394 e. The fraction of sp³-hybridized carbons (Fsp3) is 0.653. The lowest BCUT2D eigenvalue weighted by Crippen LogP contribution is -2.45. The van der Waals surface area contributed by atoms with Crippen molar-refractivity contribution in [2.45, 2.75) is 199 Å². The highest BCUT2D eigenvalue weighted by atomic mass is 16.3. The highest BCUT2D eigenvalue weighted by molar-refractivity contribution is 5.76. The molecule has 0 radical (unpaired) electrons. The summed E-state index contributed by atoms with van der Waals surface area (Å²) >= 11 is 0. The van der Waals surface area contributed by atoms with Crippen LogP contribution in [0.3, 0.4) is 0 Å². The first kappa shape index (κ1) is 50.3. The number of aliphatic hydroxyl groups excluding tert-OH is 2. The van der Waals surface area contributed by atoms with Crippen molar-refractivity contribution in [3.05, 3.63) is 97.2 Å². The van der Waals surface area contributed by atoms with Crippen molar-refractivity contribution in [1.29, 1.82) is 0 Å². The van der Waals surface area contributed by atoms with Gasteiger partial charge in [0.1, 0.15) is 0 Å². The van der Waals surface area contributed by atoms with Crippen LogP contribution in [-0.4, -0.2) is 34.9 Å². The van der Waals surface area contributed by atoms with Crippen molar-refractivity contribution < 1.29 is 15.0 Å². The third-order valence-corrected chi connectivity index (χ3v) is 9.28. The van der Waals surface area contributed by atoms with Crippen LogP contribution in [0.15, 0.2) is 97.2 Å². The maximum absolute atomic E-state index is 12.4. The monoisotopic (exact) mass is 734 g/mol. The van der Waals surface area contributed by atoms with E-state index in [-0.39, 0.29) is 12.5 Å². The zero-order valence-electron chi connectivity index (χ0n) is 34.5. The molecule has 3 N–H and O–H groups in total. The van der Waals surface area contributed by atoms with Gasteiger partial charge >= 0.3 is 0 Å². The molecule has 0 aliphatic rings. The zero-order chi connectivity index (χ0) is 38.6. The maximum atomic E-state index is 12.4. The lowest BCUT2D eigenvalue weighted by atomic mass is 10.0. The molecular formula is C49H83NO3. The Balaban J connectivity index is 3.64. The van der Waals surface area contributed by atoms with E-state index in [1.807, 2.05) is 6.08 Å². The van der Waals surface area contributed by atoms with E-state index in [2.05, 4.69) is 104 Å². The normalized spacial score (nSPS) is 14.0. The fourth-order valence-corrected chi connectivity index (χ4v) is 5.94. The zero-order valence-corrected chi connectivity index (χ0v) is 34.5. The summed E-state index contributed by atoms with van der Waals surface area (Å²) in [6.45, 7) is 4.14. The van der Waals surface area contributed by atoms with Gasteiger partial charge in [-0.2, -0.15) is 0 Å². The molecular weight excluding hydrogens is 651 g/mol. The van der Waals surface area contributed by atoms with Crippen LogP contribution in [-0.2, 0) is 4.79 Å². The second kappa shape index (κ2) is 43.7. The number of rotatable bonds is 38. The Bertz CT molecular complexity index is 1010. The first-order valence-corrected chi connectivity index (χ1v) is 22.0. The molecule has 53 heavy (non-hydrogen) atoms. The van der Waals surface area contributed by atoms with Gasteiger partial charge in [-0.1, -0.05) is 188 Å². The number of carbonyl (C=O) groups is 1. The summed E-state index contributed by atoms with van der Waals surface area (Å²) in [7, 11) is 0. The summed E-state index contributed by atoms with van der Waals surface area (Å²) in [5, 5.41) is 22.9. The highest BCUT2D eigenvalue weighted by Gasteiger charge is 2.17. The standard InChI is InChI=1S/C49H83NO3/c1-3-5-7-9-11-13-15-17-19-20-21-22-23-24-25-26-27-28-29-30-31-33-35-37-39-41-43-45-49(53)50-47(46-51)48(52)44-42-40-38-36-34-32-18-16-14-12-10-8-6-4-2/h5,7,11,13-14,16-17,19,21-22,24-25,34,36,42,44,47-48,51-52H,3-4,6,8-10,12,15,18,20,23,26-33,35,37-41,43,45-46H2,1-2H3,(H,50,53)/b7-5-,13-11-,16-14+,19-17-,22-21-,25-24-,36-34+,44-42+. The number of hydrogen-bond acceptors (Lipinski definition) is 3. The molecule has 302 valence electrons. The number of nitrogens with one attached hydrogen (secondary N) is 1. The Labute approximate surface area is 328 Å². The molecule has 2 atom stereocenters. The average Bonchev–Trinajstić information content (AvgIpc) is 3.16. The van der Waals surface area contributed by atoms with Gasteiger partial charge in [0.2, 0.25) is 5.91 Å². The fourth-order valence-electron chi connectivity index (χ4n) is 5.94. The van der Waals surface area contributed by atoms with Gasteiger partial charge in [0.25, 0.3) is 0 Å². The van der Waals surface area contributed by atoms with E-state index < -0.39 is 12.1 Å². The first-order chi connectivity index (χ1) is 26.2. The number of allylic oxidation sites excluding steroid dienone is 15. The second-order valence-electron chi connectivity index (χ2n) is 14.4. The molecule has 0 aliphatic heterocycles. The molecule has 0 aromatic rings.